The predicted octanol–water partition coefficient (Wildman–Crippen LogP) is 1.41. The van der Waals surface area contributed by atoms with Crippen LogP contribution in [0.1, 0.15) is 74.8 Å². The van der Waals surface area contributed by atoms with Gasteiger partial charge < -0.3 is 30.3 Å². The van der Waals surface area contributed by atoms with Gasteiger partial charge in [-0.1, -0.05) is 6.92 Å². The molecule has 31 heavy (non-hydrogen) atoms. The summed E-state index contributed by atoms with van der Waals surface area (Å²) in [5, 5.41) is 52.9. The van der Waals surface area contributed by atoms with Crippen LogP contribution in [0.5, 0.6) is 17.2 Å². The average Bonchev–Trinajstić information content (AvgIpc) is 2.72. The van der Waals surface area contributed by atoms with Crippen LogP contribution in [0.4, 0.5) is 0 Å². The second kappa shape index (κ2) is 6.79. The fraction of sp³-hybridized carbons (Fsp3) is 0.318. The smallest absolute Gasteiger partial charge is 0.316 e. The Morgan fingerprint density at radius 2 is 1.68 bits per heavy atom. The second-order valence-corrected chi connectivity index (χ2v) is 7.80. The largest absolute Gasteiger partial charge is 0.507 e. The van der Waals surface area contributed by atoms with E-state index in [1.54, 1.807) is 6.92 Å². The Morgan fingerprint density at radius 3 is 2.23 bits per heavy atom. The molecule has 0 spiro atoms. The number of hydrogen-bond donors (Lipinski definition) is 5. The molecule has 5 N–H and O–H groups in total. The van der Waals surface area contributed by atoms with Crippen molar-refractivity contribution < 1.29 is 44.7 Å². The van der Waals surface area contributed by atoms with Gasteiger partial charge in [0.2, 0.25) is 5.78 Å². The number of carbonyl (C=O) groups is 3. The number of aliphatic hydroxyl groups excluding tert-OH is 1. The van der Waals surface area contributed by atoms with Crippen molar-refractivity contribution in [2.45, 2.75) is 37.4 Å². The molecule has 2 aromatic rings. The lowest BCUT2D eigenvalue weighted by Gasteiger charge is -2.42. The summed E-state index contributed by atoms with van der Waals surface area (Å²) in [5.41, 5.74) is -3.62. The number of aliphatic hydroxyl groups is 2. The van der Waals surface area contributed by atoms with Crippen molar-refractivity contribution in [3.05, 3.63) is 51.6 Å². The van der Waals surface area contributed by atoms with Gasteiger partial charge in [-0.2, -0.15) is 0 Å². The van der Waals surface area contributed by atoms with Gasteiger partial charge in [0, 0.05) is 17.5 Å². The lowest BCUT2D eigenvalue weighted by molar-refractivity contribution is -0.153. The van der Waals surface area contributed by atoms with Crippen molar-refractivity contribution >= 4 is 17.5 Å². The molecule has 0 unspecified atom stereocenters. The number of carbonyl (C=O) groups excluding carboxylic acids is 3. The third kappa shape index (κ3) is 2.67. The van der Waals surface area contributed by atoms with Crippen LogP contribution in [-0.4, -0.2) is 55.8 Å². The van der Waals surface area contributed by atoms with Gasteiger partial charge in [0.05, 0.1) is 35.5 Å². The van der Waals surface area contributed by atoms with Crippen molar-refractivity contribution in [3.63, 3.8) is 0 Å². The first-order valence-electron chi connectivity index (χ1n) is 9.59. The van der Waals surface area contributed by atoms with Gasteiger partial charge in [-0.3, -0.25) is 14.4 Å². The van der Waals surface area contributed by atoms with E-state index in [0.29, 0.717) is 0 Å². The molecule has 0 aromatic heterocycles. The van der Waals surface area contributed by atoms with Crippen LogP contribution in [0.2, 0.25) is 0 Å². The Balaban J connectivity index is 2.06. The van der Waals surface area contributed by atoms with Crippen LogP contribution in [-0.2, 0) is 9.53 Å². The quantitative estimate of drug-likeness (QED) is 0.300. The number of benzene rings is 2. The van der Waals surface area contributed by atoms with Crippen LogP contribution in [0.3, 0.4) is 0 Å². The number of phenolic OH excluding ortho intramolecular Hbond substituents is 3. The lowest BCUT2D eigenvalue weighted by Crippen LogP contribution is -2.46. The standard InChI is InChI=1S/C22H20O9/c1-3-22(30)7-12(25)13-8(17(22)21(29)31-2)6-9-14(19(13)27)20(28)16-11(24)5-4-10(23)15(16)18(9)26/h4-6,12,17,23-25,27,30H,3,7H2,1-2H3/t12-,17-,22+/m0/s1. The van der Waals surface area contributed by atoms with E-state index in [-0.39, 0.29) is 29.5 Å². The SMILES string of the molecule is CC[C@@]1(O)C[C@H](O)c2c(cc3c(c2O)C(=O)c2c(O)ccc(O)c2C3=O)[C@H]1C(=O)OC. The highest BCUT2D eigenvalue weighted by Gasteiger charge is 2.51. The molecule has 0 aliphatic heterocycles. The highest BCUT2D eigenvalue weighted by Crippen LogP contribution is 2.52. The van der Waals surface area contributed by atoms with Crippen molar-refractivity contribution in [2.24, 2.45) is 0 Å². The predicted molar refractivity (Wildman–Crippen MR) is 104 cm³/mol. The molecule has 2 aliphatic rings. The number of phenols is 3. The first-order chi connectivity index (χ1) is 14.6. The molecule has 0 saturated carbocycles. The molecule has 0 saturated heterocycles. The molecule has 3 atom stereocenters. The van der Waals surface area contributed by atoms with E-state index in [9.17, 15) is 39.9 Å². The van der Waals surface area contributed by atoms with Gasteiger partial charge in [-0.25, -0.2) is 0 Å². The molecule has 9 nitrogen and oxygen atoms in total. The Hall–Kier alpha value is -3.43. The van der Waals surface area contributed by atoms with Gasteiger partial charge >= 0.3 is 5.97 Å². The monoisotopic (exact) mass is 428 g/mol. The van der Waals surface area contributed by atoms with E-state index in [0.717, 1.165) is 25.3 Å². The minimum atomic E-state index is -1.72. The number of fused-ring (bicyclic) bond motifs is 3. The fourth-order valence-electron chi connectivity index (χ4n) is 4.66. The van der Waals surface area contributed by atoms with Gasteiger partial charge in [-0.05, 0) is 30.2 Å². The van der Waals surface area contributed by atoms with E-state index in [4.69, 9.17) is 4.74 Å². The Kier molecular flexibility index (Phi) is 4.56. The molecule has 0 heterocycles. The van der Waals surface area contributed by atoms with Crippen molar-refractivity contribution in [1.82, 2.24) is 0 Å². The number of hydrogen-bond acceptors (Lipinski definition) is 9. The summed E-state index contributed by atoms with van der Waals surface area (Å²) in [6, 6.07) is 3.25. The summed E-state index contributed by atoms with van der Waals surface area (Å²) >= 11 is 0. The number of esters is 1. The summed E-state index contributed by atoms with van der Waals surface area (Å²) in [6.45, 7) is 1.61. The molecule has 2 aromatic carbocycles. The summed E-state index contributed by atoms with van der Waals surface area (Å²) < 4.78 is 4.81. The maximum absolute atomic E-state index is 13.1. The zero-order valence-corrected chi connectivity index (χ0v) is 16.7. The first-order valence-corrected chi connectivity index (χ1v) is 9.59. The molecule has 0 amide bonds. The Morgan fingerprint density at radius 1 is 1.10 bits per heavy atom. The maximum atomic E-state index is 13.1. The van der Waals surface area contributed by atoms with Gasteiger partial charge in [-0.15, -0.1) is 0 Å². The minimum Gasteiger partial charge on any atom is -0.507 e. The zero-order chi connectivity index (χ0) is 22.8. The Labute approximate surface area is 176 Å². The number of rotatable bonds is 2. The lowest BCUT2D eigenvalue weighted by atomic mass is 9.67. The number of ether oxygens (including phenoxy) is 1. The number of ketones is 2. The van der Waals surface area contributed by atoms with Crippen LogP contribution in [0.25, 0.3) is 0 Å². The van der Waals surface area contributed by atoms with Crippen LogP contribution < -0.4 is 0 Å². The van der Waals surface area contributed by atoms with Crippen LogP contribution in [0, 0.1) is 0 Å². The third-order valence-electron chi connectivity index (χ3n) is 6.24. The average molecular weight is 428 g/mol. The topological polar surface area (TPSA) is 162 Å². The normalized spacial score (nSPS) is 24.3. The maximum Gasteiger partial charge on any atom is 0.316 e. The second-order valence-electron chi connectivity index (χ2n) is 7.80. The summed E-state index contributed by atoms with van der Waals surface area (Å²) in [5.74, 6) is -5.77. The van der Waals surface area contributed by atoms with Crippen molar-refractivity contribution in [1.29, 1.82) is 0 Å². The molecule has 162 valence electrons. The summed E-state index contributed by atoms with van der Waals surface area (Å²) in [4.78, 5) is 38.8. The van der Waals surface area contributed by atoms with E-state index in [1.165, 1.54) is 0 Å². The highest BCUT2D eigenvalue weighted by molar-refractivity contribution is 6.31. The van der Waals surface area contributed by atoms with Gasteiger partial charge in [0.25, 0.3) is 0 Å². The van der Waals surface area contributed by atoms with E-state index in [1.807, 2.05) is 0 Å². The van der Waals surface area contributed by atoms with Crippen LogP contribution in [0.15, 0.2) is 18.2 Å². The molecule has 4 rings (SSSR count). The Bertz CT molecular complexity index is 1170. The minimum absolute atomic E-state index is 0.0459. The number of aromatic hydroxyl groups is 3. The summed E-state index contributed by atoms with van der Waals surface area (Å²) in [7, 11) is 1.12. The molecule has 0 bridgehead atoms. The third-order valence-corrected chi connectivity index (χ3v) is 6.24. The van der Waals surface area contributed by atoms with Gasteiger partial charge in [0.1, 0.15) is 23.2 Å². The molecule has 0 radical (unpaired) electrons. The van der Waals surface area contributed by atoms with Crippen LogP contribution >= 0.6 is 0 Å². The molecule has 0 fully saturated rings. The highest BCUT2D eigenvalue weighted by atomic mass is 16.5. The molecule has 2 aliphatic carbocycles. The van der Waals surface area contributed by atoms with Crippen molar-refractivity contribution in [2.75, 3.05) is 7.11 Å². The number of methoxy groups -OCH3 is 1. The molecule has 9 heteroatoms. The van der Waals surface area contributed by atoms with Crippen molar-refractivity contribution in [3.8, 4) is 17.2 Å². The first kappa shape index (κ1) is 20.8. The van der Waals surface area contributed by atoms with E-state index >= 15 is 0 Å². The molecular weight excluding hydrogens is 408 g/mol. The van der Waals surface area contributed by atoms with E-state index in [2.05, 4.69) is 0 Å². The summed E-state index contributed by atoms with van der Waals surface area (Å²) in [6.07, 6.45) is -1.69. The van der Waals surface area contributed by atoms with Gasteiger partial charge in [0.15, 0.2) is 5.78 Å². The molecular formula is C22H20O9. The fourth-order valence-corrected chi connectivity index (χ4v) is 4.66. The zero-order valence-electron chi connectivity index (χ0n) is 16.7. The van der Waals surface area contributed by atoms with E-state index < -0.39 is 69.1 Å².